The van der Waals surface area contributed by atoms with Crippen LogP contribution in [0.15, 0.2) is 12.3 Å². The maximum atomic E-state index is 11.0. The second-order valence-electron chi connectivity index (χ2n) is 2.70. The number of hydrogen-bond acceptors (Lipinski definition) is 1. The van der Waals surface area contributed by atoms with Crippen LogP contribution in [-0.4, -0.2) is 23.5 Å². The van der Waals surface area contributed by atoms with Gasteiger partial charge in [0.1, 0.15) is 0 Å². The van der Waals surface area contributed by atoms with Crippen LogP contribution in [0.3, 0.4) is 0 Å². The molecule has 0 radical (unpaired) electrons. The fourth-order valence-electron chi connectivity index (χ4n) is 1.49. The van der Waals surface area contributed by atoms with Crippen molar-refractivity contribution in [2.45, 2.75) is 18.9 Å². The van der Waals surface area contributed by atoms with Gasteiger partial charge in [-0.2, -0.15) is 0 Å². The summed E-state index contributed by atoms with van der Waals surface area (Å²) in [5.41, 5.74) is 0. The molecule has 0 bridgehead atoms. The third kappa shape index (κ3) is 0.701. The van der Waals surface area contributed by atoms with Crippen molar-refractivity contribution in [3.63, 3.8) is 0 Å². The first kappa shape index (κ1) is 5.77. The van der Waals surface area contributed by atoms with Crippen LogP contribution in [0.1, 0.15) is 12.8 Å². The van der Waals surface area contributed by atoms with Gasteiger partial charge in [-0.25, -0.2) is 4.79 Å². The van der Waals surface area contributed by atoms with Crippen molar-refractivity contribution in [1.82, 2.24) is 10.2 Å². The van der Waals surface area contributed by atoms with E-state index < -0.39 is 0 Å². The number of amides is 2. The monoisotopic (exact) mass is 138 g/mol. The van der Waals surface area contributed by atoms with Crippen LogP contribution < -0.4 is 5.32 Å². The smallest absolute Gasteiger partial charge is 0.321 e. The molecule has 0 aliphatic carbocycles. The van der Waals surface area contributed by atoms with Crippen molar-refractivity contribution in [2.75, 3.05) is 6.54 Å². The average Bonchev–Trinajstić information content (AvgIpc) is 2.36. The first-order valence-electron chi connectivity index (χ1n) is 3.61. The summed E-state index contributed by atoms with van der Waals surface area (Å²) in [6.07, 6.45) is 6.04. The van der Waals surface area contributed by atoms with E-state index in [0.717, 1.165) is 19.4 Å². The van der Waals surface area contributed by atoms with Crippen LogP contribution >= 0.6 is 0 Å². The van der Waals surface area contributed by atoms with Crippen LogP contribution in [-0.2, 0) is 0 Å². The maximum absolute atomic E-state index is 11.0. The number of carbonyl (C=O) groups excluding carboxylic acids is 1. The third-order valence-electron chi connectivity index (χ3n) is 2.06. The van der Waals surface area contributed by atoms with Gasteiger partial charge in [0.05, 0.1) is 0 Å². The molecule has 1 fully saturated rings. The van der Waals surface area contributed by atoms with Crippen LogP contribution in [0.25, 0.3) is 0 Å². The molecule has 0 spiro atoms. The first-order chi connectivity index (χ1) is 4.88. The molecule has 2 aliphatic rings. The molecule has 0 saturated carbocycles. The summed E-state index contributed by atoms with van der Waals surface area (Å²) in [6, 6.07) is 0.513. The van der Waals surface area contributed by atoms with Crippen molar-refractivity contribution >= 4 is 6.03 Å². The Hall–Kier alpha value is -0.990. The maximum Gasteiger partial charge on any atom is 0.321 e. The molecule has 3 heteroatoms. The van der Waals surface area contributed by atoms with Gasteiger partial charge in [0.15, 0.2) is 0 Å². The van der Waals surface area contributed by atoms with Gasteiger partial charge in [-0.1, -0.05) is 6.08 Å². The lowest BCUT2D eigenvalue weighted by atomic mass is 10.1. The van der Waals surface area contributed by atoms with E-state index in [1.807, 2.05) is 6.20 Å². The zero-order valence-electron chi connectivity index (χ0n) is 5.71. The molecule has 54 valence electrons. The van der Waals surface area contributed by atoms with Crippen LogP contribution in [0.2, 0.25) is 0 Å². The number of nitrogens with zero attached hydrogens (tertiary/aromatic N) is 1. The summed E-state index contributed by atoms with van der Waals surface area (Å²) < 4.78 is 0. The van der Waals surface area contributed by atoms with Gasteiger partial charge in [0.25, 0.3) is 0 Å². The Morgan fingerprint density at radius 2 is 2.60 bits per heavy atom. The van der Waals surface area contributed by atoms with E-state index in [-0.39, 0.29) is 6.03 Å². The molecule has 0 aromatic heterocycles. The van der Waals surface area contributed by atoms with Crippen molar-refractivity contribution < 1.29 is 4.79 Å². The Balaban J connectivity index is 2.16. The van der Waals surface area contributed by atoms with E-state index >= 15 is 0 Å². The topological polar surface area (TPSA) is 32.3 Å². The first-order valence-corrected chi connectivity index (χ1v) is 3.61. The Bertz CT molecular complexity index is 188. The van der Waals surface area contributed by atoms with Crippen molar-refractivity contribution in [1.29, 1.82) is 0 Å². The molecular weight excluding hydrogens is 128 g/mol. The van der Waals surface area contributed by atoms with Gasteiger partial charge in [-0.3, -0.25) is 4.90 Å². The minimum Gasteiger partial charge on any atom is -0.338 e. The molecule has 1 atom stereocenters. The molecule has 2 heterocycles. The van der Waals surface area contributed by atoms with E-state index in [4.69, 9.17) is 0 Å². The molecule has 2 aliphatic heterocycles. The van der Waals surface area contributed by atoms with Crippen molar-refractivity contribution in [3.05, 3.63) is 12.3 Å². The fourth-order valence-corrected chi connectivity index (χ4v) is 1.49. The zero-order valence-corrected chi connectivity index (χ0v) is 5.71. The number of rotatable bonds is 0. The van der Waals surface area contributed by atoms with E-state index in [2.05, 4.69) is 11.4 Å². The van der Waals surface area contributed by atoms with Gasteiger partial charge in [0, 0.05) is 18.8 Å². The van der Waals surface area contributed by atoms with E-state index in [1.165, 1.54) is 0 Å². The quantitative estimate of drug-likeness (QED) is 0.524. The van der Waals surface area contributed by atoms with Crippen LogP contribution in [0.4, 0.5) is 4.79 Å². The molecule has 10 heavy (non-hydrogen) atoms. The lowest BCUT2D eigenvalue weighted by Crippen LogP contribution is -2.47. The molecule has 1 N–H and O–H groups in total. The second kappa shape index (κ2) is 2.01. The Morgan fingerprint density at radius 1 is 1.70 bits per heavy atom. The molecular formula is C7H10N2O. The Kier molecular flexibility index (Phi) is 1.16. The van der Waals surface area contributed by atoms with Crippen LogP contribution in [0, 0.1) is 0 Å². The molecule has 0 aromatic rings. The summed E-state index contributed by atoms with van der Waals surface area (Å²) >= 11 is 0. The highest BCUT2D eigenvalue weighted by Gasteiger charge is 2.27. The highest BCUT2D eigenvalue weighted by atomic mass is 16.2. The molecule has 2 amide bonds. The molecule has 1 saturated heterocycles. The second-order valence-corrected chi connectivity index (χ2v) is 2.70. The van der Waals surface area contributed by atoms with Crippen molar-refractivity contribution in [2.24, 2.45) is 0 Å². The largest absolute Gasteiger partial charge is 0.338 e. The fraction of sp³-hybridized carbons (Fsp3) is 0.571. The number of hydrogen-bond donors (Lipinski definition) is 1. The predicted octanol–water partition coefficient (Wildman–Crippen LogP) is 0.688. The third-order valence-corrected chi connectivity index (χ3v) is 2.06. The normalized spacial score (nSPS) is 30.2. The van der Waals surface area contributed by atoms with E-state index in [1.54, 1.807) is 4.90 Å². The summed E-state index contributed by atoms with van der Waals surface area (Å²) in [5, 5.41) is 2.79. The number of carbonyl (C=O) groups is 1. The summed E-state index contributed by atoms with van der Waals surface area (Å²) in [7, 11) is 0. The molecule has 0 aromatic carbocycles. The number of fused-ring (bicyclic) bond motifs is 1. The SMILES string of the molecule is O=C1NCCC2CC=CN12. The zero-order chi connectivity index (χ0) is 6.97. The van der Waals surface area contributed by atoms with Gasteiger partial charge >= 0.3 is 6.03 Å². The van der Waals surface area contributed by atoms with Gasteiger partial charge in [-0.15, -0.1) is 0 Å². The highest BCUT2D eigenvalue weighted by molar-refractivity contribution is 5.76. The van der Waals surface area contributed by atoms with Crippen molar-refractivity contribution in [3.8, 4) is 0 Å². The van der Waals surface area contributed by atoms with Gasteiger partial charge in [-0.05, 0) is 12.8 Å². The molecule has 3 nitrogen and oxygen atoms in total. The molecule has 1 unspecified atom stereocenters. The lowest BCUT2D eigenvalue weighted by Gasteiger charge is -2.28. The standard InChI is InChI=1S/C7H10N2O/c10-7-8-4-3-6-2-1-5-9(6)7/h1,5-6H,2-4H2,(H,8,10). The van der Waals surface area contributed by atoms with Gasteiger partial charge < -0.3 is 5.32 Å². The van der Waals surface area contributed by atoms with E-state index in [9.17, 15) is 4.79 Å². The summed E-state index contributed by atoms with van der Waals surface area (Å²) in [4.78, 5) is 12.8. The molecule has 2 rings (SSSR count). The summed E-state index contributed by atoms with van der Waals surface area (Å²) in [5.74, 6) is 0. The highest BCUT2D eigenvalue weighted by Crippen LogP contribution is 2.19. The average molecular weight is 138 g/mol. The predicted molar refractivity (Wildman–Crippen MR) is 37.4 cm³/mol. The number of urea groups is 1. The number of nitrogens with one attached hydrogen (secondary N) is 1. The van der Waals surface area contributed by atoms with Gasteiger partial charge in [0.2, 0.25) is 0 Å². The minimum absolute atomic E-state index is 0.0602. The summed E-state index contributed by atoms with van der Waals surface area (Å²) in [6.45, 7) is 0.835. The minimum atomic E-state index is 0.0602. The Morgan fingerprint density at radius 3 is 3.40 bits per heavy atom. The Labute approximate surface area is 59.7 Å². The van der Waals surface area contributed by atoms with E-state index in [0.29, 0.717) is 6.04 Å². The lowest BCUT2D eigenvalue weighted by molar-refractivity contribution is 0.189. The van der Waals surface area contributed by atoms with Crippen LogP contribution in [0.5, 0.6) is 0 Å².